The number of carbonyl (C=O) groups excluding carboxylic acids is 1. The molecule has 17 heavy (non-hydrogen) atoms. The first-order valence-electron chi connectivity index (χ1n) is 5.43. The van der Waals surface area contributed by atoms with E-state index in [1.165, 1.54) is 7.11 Å². The maximum absolute atomic E-state index is 11.3. The van der Waals surface area contributed by atoms with Gasteiger partial charge in [0.05, 0.1) is 11.6 Å². The third-order valence-electron chi connectivity index (χ3n) is 2.71. The lowest BCUT2D eigenvalue weighted by molar-refractivity contribution is -0.142. The first-order valence-corrected chi connectivity index (χ1v) is 6.22. The summed E-state index contributed by atoms with van der Waals surface area (Å²) in [6, 6.07) is 7.42. The first kappa shape index (κ1) is 12.4. The fraction of sp³-hybridized carbons (Fsp3) is 0.417. The predicted octanol–water partition coefficient (Wildman–Crippen LogP) is 1.73. The van der Waals surface area contributed by atoms with Crippen molar-refractivity contribution in [3.05, 3.63) is 28.7 Å². The van der Waals surface area contributed by atoms with Crippen LogP contribution in [-0.4, -0.2) is 31.8 Å². The van der Waals surface area contributed by atoms with Crippen LogP contribution in [0.2, 0.25) is 0 Å². The molecule has 4 nitrogen and oxygen atoms in total. The van der Waals surface area contributed by atoms with E-state index in [2.05, 4.69) is 21.2 Å². The molecular formula is C12H14BrNO3. The SMILES string of the molecule is COC(=O)[C@@H]1C[C@@H](Oc2ccccc2Br)CN1. The molecule has 1 heterocycles. The highest BCUT2D eigenvalue weighted by atomic mass is 79.9. The molecule has 1 aliphatic heterocycles. The number of hydrogen-bond acceptors (Lipinski definition) is 4. The zero-order valence-electron chi connectivity index (χ0n) is 9.48. The number of ether oxygens (including phenoxy) is 2. The lowest BCUT2D eigenvalue weighted by Gasteiger charge is -2.13. The van der Waals surface area contributed by atoms with Crippen LogP contribution in [0.3, 0.4) is 0 Å². The average molecular weight is 300 g/mol. The number of carbonyl (C=O) groups is 1. The van der Waals surface area contributed by atoms with E-state index >= 15 is 0 Å². The lowest BCUT2D eigenvalue weighted by atomic mass is 10.2. The van der Waals surface area contributed by atoms with Crippen LogP contribution >= 0.6 is 15.9 Å². The van der Waals surface area contributed by atoms with Crippen molar-refractivity contribution in [3.8, 4) is 5.75 Å². The molecule has 0 spiro atoms. The van der Waals surface area contributed by atoms with Gasteiger partial charge in [-0.1, -0.05) is 12.1 Å². The summed E-state index contributed by atoms with van der Waals surface area (Å²) in [5.41, 5.74) is 0. The zero-order chi connectivity index (χ0) is 12.3. The second-order valence-electron chi connectivity index (χ2n) is 3.89. The molecule has 0 saturated carbocycles. The maximum Gasteiger partial charge on any atom is 0.323 e. The molecule has 1 aromatic carbocycles. The number of halogens is 1. The number of hydrogen-bond donors (Lipinski definition) is 1. The van der Waals surface area contributed by atoms with Crippen molar-refractivity contribution in [2.45, 2.75) is 18.6 Å². The molecule has 2 atom stereocenters. The van der Waals surface area contributed by atoms with E-state index in [4.69, 9.17) is 9.47 Å². The number of para-hydroxylation sites is 1. The van der Waals surface area contributed by atoms with Crippen LogP contribution in [0.15, 0.2) is 28.7 Å². The van der Waals surface area contributed by atoms with E-state index in [0.29, 0.717) is 13.0 Å². The molecule has 1 N–H and O–H groups in total. The highest BCUT2D eigenvalue weighted by Gasteiger charge is 2.31. The second-order valence-corrected chi connectivity index (χ2v) is 4.74. The standard InChI is InChI=1S/C12H14BrNO3/c1-16-12(15)10-6-8(7-14-10)17-11-5-3-2-4-9(11)13/h2-5,8,10,14H,6-7H2,1H3/t8-,10+/m1/s1. The summed E-state index contributed by atoms with van der Waals surface area (Å²) in [6.07, 6.45) is 0.631. The van der Waals surface area contributed by atoms with Crippen molar-refractivity contribution >= 4 is 21.9 Å². The van der Waals surface area contributed by atoms with Crippen LogP contribution < -0.4 is 10.1 Å². The summed E-state index contributed by atoms with van der Waals surface area (Å²) in [4.78, 5) is 11.3. The van der Waals surface area contributed by atoms with Crippen molar-refractivity contribution in [2.75, 3.05) is 13.7 Å². The largest absolute Gasteiger partial charge is 0.488 e. The molecule has 1 saturated heterocycles. The normalized spacial score (nSPS) is 23.4. The molecule has 0 aromatic heterocycles. The van der Waals surface area contributed by atoms with Crippen LogP contribution in [0, 0.1) is 0 Å². The van der Waals surface area contributed by atoms with Crippen LogP contribution in [0.4, 0.5) is 0 Å². The summed E-state index contributed by atoms with van der Waals surface area (Å²) in [5.74, 6) is 0.563. The molecule has 1 fully saturated rings. The Bertz CT molecular complexity index is 410. The molecule has 2 rings (SSSR count). The first-order chi connectivity index (χ1) is 8.20. The quantitative estimate of drug-likeness (QED) is 0.864. The molecule has 0 bridgehead atoms. The van der Waals surface area contributed by atoms with Crippen LogP contribution in [0.25, 0.3) is 0 Å². The van der Waals surface area contributed by atoms with Crippen LogP contribution in [-0.2, 0) is 9.53 Å². The summed E-state index contributed by atoms with van der Waals surface area (Å²) >= 11 is 3.42. The van der Waals surface area contributed by atoms with Gasteiger partial charge in [-0.05, 0) is 28.1 Å². The Morgan fingerprint density at radius 2 is 2.24 bits per heavy atom. The van der Waals surface area contributed by atoms with E-state index < -0.39 is 0 Å². The van der Waals surface area contributed by atoms with E-state index in [1.54, 1.807) is 0 Å². The topological polar surface area (TPSA) is 47.6 Å². The van der Waals surface area contributed by atoms with Crippen molar-refractivity contribution in [1.29, 1.82) is 0 Å². The highest BCUT2D eigenvalue weighted by Crippen LogP contribution is 2.26. The van der Waals surface area contributed by atoms with E-state index in [0.717, 1.165) is 10.2 Å². The third kappa shape index (κ3) is 2.98. The summed E-state index contributed by atoms with van der Waals surface area (Å²) in [6.45, 7) is 0.654. The molecule has 0 radical (unpaired) electrons. The summed E-state index contributed by atoms with van der Waals surface area (Å²) < 4.78 is 11.4. The highest BCUT2D eigenvalue weighted by molar-refractivity contribution is 9.10. The molecule has 0 aliphatic carbocycles. The number of nitrogens with one attached hydrogen (secondary N) is 1. The number of benzene rings is 1. The summed E-state index contributed by atoms with van der Waals surface area (Å²) in [7, 11) is 1.39. The molecule has 0 unspecified atom stereocenters. The number of rotatable bonds is 3. The Kier molecular flexibility index (Phi) is 4.02. The van der Waals surface area contributed by atoms with E-state index in [-0.39, 0.29) is 18.1 Å². The minimum Gasteiger partial charge on any atom is -0.488 e. The average Bonchev–Trinajstić information content (AvgIpc) is 2.80. The Balaban J connectivity index is 1.94. The smallest absolute Gasteiger partial charge is 0.323 e. The van der Waals surface area contributed by atoms with Gasteiger partial charge in [0, 0.05) is 13.0 Å². The van der Waals surface area contributed by atoms with Gasteiger partial charge in [-0.2, -0.15) is 0 Å². The van der Waals surface area contributed by atoms with Crippen molar-refractivity contribution in [2.24, 2.45) is 0 Å². The molecule has 1 aliphatic rings. The maximum atomic E-state index is 11.3. The van der Waals surface area contributed by atoms with Crippen LogP contribution in [0.1, 0.15) is 6.42 Å². The van der Waals surface area contributed by atoms with Gasteiger partial charge in [0.15, 0.2) is 0 Å². The van der Waals surface area contributed by atoms with Gasteiger partial charge in [0.1, 0.15) is 17.9 Å². The van der Waals surface area contributed by atoms with Gasteiger partial charge in [-0.3, -0.25) is 4.79 Å². The van der Waals surface area contributed by atoms with Crippen molar-refractivity contribution in [1.82, 2.24) is 5.32 Å². The number of esters is 1. The predicted molar refractivity (Wildman–Crippen MR) is 67.0 cm³/mol. The minimum absolute atomic E-state index is 0.00204. The van der Waals surface area contributed by atoms with E-state index in [1.807, 2.05) is 24.3 Å². The van der Waals surface area contributed by atoms with Gasteiger partial charge >= 0.3 is 5.97 Å². The van der Waals surface area contributed by atoms with Gasteiger partial charge in [-0.15, -0.1) is 0 Å². The Morgan fingerprint density at radius 3 is 2.94 bits per heavy atom. The second kappa shape index (κ2) is 5.51. The fourth-order valence-corrected chi connectivity index (χ4v) is 2.21. The van der Waals surface area contributed by atoms with Gasteiger partial charge in [-0.25, -0.2) is 0 Å². The molecule has 1 aromatic rings. The van der Waals surface area contributed by atoms with Gasteiger partial charge < -0.3 is 14.8 Å². The fourth-order valence-electron chi connectivity index (χ4n) is 1.83. The third-order valence-corrected chi connectivity index (χ3v) is 3.36. The van der Waals surface area contributed by atoms with Crippen LogP contribution in [0.5, 0.6) is 5.75 Å². The monoisotopic (exact) mass is 299 g/mol. The van der Waals surface area contributed by atoms with Gasteiger partial charge in [0.2, 0.25) is 0 Å². The van der Waals surface area contributed by atoms with Crippen molar-refractivity contribution in [3.63, 3.8) is 0 Å². The molecule has 92 valence electrons. The minimum atomic E-state index is -0.257. The Hall–Kier alpha value is -1.07. The molecular weight excluding hydrogens is 286 g/mol. The molecule has 5 heteroatoms. The van der Waals surface area contributed by atoms with E-state index in [9.17, 15) is 4.79 Å². The summed E-state index contributed by atoms with van der Waals surface area (Å²) in [5, 5.41) is 3.08. The van der Waals surface area contributed by atoms with Gasteiger partial charge in [0.25, 0.3) is 0 Å². The zero-order valence-corrected chi connectivity index (χ0v) is 11.1. The Labute approximate surface area is 108 Å². The lowest BCUT2D eigenvalue weighted by Crippen LogP contribution is -2.31. The Morgan fingerprint density at radius 1 is 1.47 bits per heavy atom. The van der Waals surface area contributed by atoms with Crippen molar-refractivity contribution < 1.29 is 14.3 Å². The molecule has 0 amide bonds. The number of methoxy groups -OCH3 is 1.